The average molecular weight is 265 g/mol. The first kappa shape index (κ1) is 12.7. The Bertz CT molecular complexity index is 649. The van der Waals surface area contributed by atoms with E-state index in [4.69, 9.17) is 26.4 Å². The highest BCUT2D eigenvalue weighted by molar-refractivity contribution is 7.71. The molecule has 0 unspecified atom stereocenters. The minimum Gasteiger partial charge on any atom is -0.494 e. The molecule has 5 heteroatoms. The normalized spacial score (nSPS) is 10.4. The van der Waals surface area contributed by atoms with Gasteiger partial charge < -0.3 is 19.2 Å². The average Bonchev–Trinajstić information content (AvgIpc) is 2.36. The monoisotopic (exact) mass is 265 g/mol. The van der Waals surface area contributed by atoms with Crippen molar-refractivity contribution in [3.05, 3.63) is 22.3 Å². The zero-order chi connectivity index (χ0) is 13.3. The summed E-state index contributed by atoms with van der Waals surface area (Å²) in [6, 6.07) is 3.67. The maximum Gasteiger partial charge on any atom is 0.170 e. The Morgan fingerprint density at radius 1 is 1.00 bits per heavy atom. The topological polar surface area (TPSA) is 43.5 Å². The summed E-state index contributed by atoms with van der Waals surface area (Å²) < 4.78 is 16.8. The number of nitrogens with one attached hydrogen (secondary N) is 1. The molecule has 0 radical (unpaired) electrons. The Hall–Kier alpha value is -1.75. The van der Waals surface area contributed by atoms with Crippen molar-refractivity contribution in [3.8, 4) is 17.2 Å². The number of pyridine rings is 1. The number of aryl methyl sites for hydroxylation is 1. The predicted molar refractivity (Wildman–Crippen MR) is 73.5 cm³/mol. The van der Waals surface area contributed by atoms with Gasteiger partial charge in [-0.25, -0.2) is 0 Å². The summed E-state index contributed by atoms with van der Waals surface area (Å²) in [6.45, 7) is 1.98. The number of benzene rings is 1. The van der Waals surface area contributed by atoms with Crippen LogP contribution in [0.2, 0.25) is 0 Å². The fraction of sp³-hybridized carbons (Fsp3) is 0.308. The van der Waals surface area contributed by atoms with Gasteiger partial charge in [-0.15, -0.1) is 0 Å². The molecule has 2 aromatic rings. The summed E-state index contributed by atoms with van der Waals surface area (Å²) >= 11 is 5.19. The van der Waals surface area contributed by atoms with E-state index in [1.165, 1.54) is 0 Å². The van der Waals surface area contributed by atoms with Crippen molar-refractivity contribution >= 4 is 23.1 Å². The van der Waals surface area contributed by atoms with E-state index in [0.29, 0.717) is 21.9 Å². The third kappa shape index (κ3) is 1.90. The van der Waals surface area contributed by atoms with Crippen molar-refractivity contribution in [1.29, 1.82) is 0 Å². The first-order valence-electron chi connectivity index (χ1n) is 5.45. The Kier molecular flexibility index (Phi) is 3.43. The smallest absolute Gasteiger partial charge is 0.170 e. The molecule has 0 amide bonds. The molecule has 1 aromatic heterocycles. The molecule has 0 fully saturated rings. The van der Waals surface area contributed by atoms with Crippen LogP contribution in [-0.4, -0.2) is 26.3 Å². The van der Waals surface area contributed by atoms with Gasteiger partial charge >= 0.3 is 0 Å². The predicted octanol–water partition coefficient (Wildman–Crippen LogP) is 3.23. The van der Waals surface area contributed by atoms with E-state index in [9.17, 15) is 0 Å². The fourth-order valence-electron chi connectivity index (χ4n) is 2.06. The van der Waals surface area contributed by atoms with E-state index in [-0.39, 0.29) is 0 Å². The number of methoxy groups -OCH3 is 3. The first-order valence-corrected chi connectivity index (χ1v) is 5.85. The van der Waals surface area contributed by atoms with Crippen molar-refractivity contribution in [3.63, 3.8) is 0 Å². The number of H-pyrrole nitrogens is 1. The quantitative estimate of drug-likeness (QED) is 0.865. The number of hydrogen-bond acceptors (Lipinski definition) is 4. The summed E-state index contributed by atoms with van der Waals surface area (Å²) in [5, 5.41) is 0.919. The highest BCUT2D eigenvalue weighted by Gasteiger charge is 2.16. The Morgan fingerprint density at radius 2 is 1.67 bits per heavy atom. The second kappa shape index (κ2) is 4.86. The molecule has 4 nitrogen and oxygen atoms in total. The zero-order valence-corrected chi connectivity index (χ0v) is 11.6. The standard InChI is InChI=1S/C13H15NO3S/c1-7-5-10(18)14-12-8(15-2)6-9(16-3)13(17-4)11(7)12/h5-6H,1-4H3,(H,14,18). The number of aromatic amines is 1. The van der Waals surface area contributed by atoms with Gasteiger partial charge in [0.15, 0.2) is 11.5 Å². The summed E-state index contributed by atoms with van der Waals surface area (Å²) in [6.07, 6.45) is 0. The van der Waals surface area contributed by atoms with Crippen LogP contribution in [-0.2, 0) is 0 Å². The van der Waals surface area contributed by atoms with Gasteiger partial charge in [-0.1, -0.05) is 12.2 Å². The molecule has 96 valence electrons. The zero-order valence-electron chi connectivity index (χ0n) is 10.8. The van der Waals surface area contributed by atoms with E-state index in [1.54, 1.807) is 27.4 Å². The lowest BCUT2D eigenvalue weighted by atomic mass is 10.1. The van der Waals surface area contributed by atoms with E-state index in [1.807, 2.05) is 13.0 Å². The van der Waals surface area contributed by atoms with Gasteiger partial charge in [0.05, 0.1) is 32.2 Å². The molecule has 1 heterocycles. The highest BCUT2D eigenvalue weighted by Crippen LogP contribution is 2.41. The molecule has 1 N–H and O–H groups in total. The highest BCUT2D eigenvalue weighted by atomic mass is 32.1. The third-order valence-electron chi connectivity index (χ3n) is 2.84. The molecule has 0 spiro atoms. The van der Waals surface area contributed by atoms with Crippen LogP contribution in [0.4, 0.5) is 0 Å². The van der Waals surface area contributed by atoms with Crippen molar-refractivity contribution in [2.24, 2.45) is 0 Å². The molecular weight excluding hydrogens is 250 g/mol. The molecule has 0 saturated heterocycles. The molecule has 2 rings (SSSR count). The van der Waals surface area contributed by atoms with Gasteiger partial charge in [-0.2, -0.15) is 0 Å². The van der Waals surface area contributed by atoms with Crippen molar-refractivity contribution in [2.45, 2.75) is 6.92 Å². The second-order valence-electron chi connectivity index (χ2n) is 3.88. The number of fused-ring (bicyclic) bond motifs is 1. The SMILES string of the molecule is COc1cc(OC)c2[nH]c(=S)cc(C)c2c1OC. The fourth-order valence-corrected chi connectivity index (χ4v) is 2.34. The molecule has 0 atom stereocenters. The van der Waals surface area contributed by atoms with E-state index in [0.717, 1.165) is 16.5 Å². The lowest BCUT2D eigenvalue weighted by molar-refractivity contribution is 0.353. The largest absolute Gasteiger partial charge is 0.494 e. The van der Waals surface area contributed by atoms with Gasteiger partial charge in [0.25, 0.3) is 0 Å². The van der Waals surface area contributed by atoms with Gasteiger partial charge in [0, 0.05) is 6.07 Å². The van der Waals surface area contributed by atoms with Gasteiger partial charge in [0.1, 0.15) is 10.4 Å². The van der Waals surface area contributed by atoms with Gasteiger partial charge in [-0.3, -0.25) is 0 Å². The van der Waals surface area contributed by atoms with Crippen LogP contribution in [0, 0.1) is 11.6 Å². The number of ether oxygens (including phenoxy) is 3. The van der Waals surface area contributed by atoms with Crippen molar-refractivity contribution in [1.82, 2.24) is 4.98 Å². The van der Waals surface area contributed by atoms with E-state index in [2.05, 4.69) is 4.98 Å². The van der Waals surface area contributed by atoms with Crippen LogP contribution in [0.1, 0.15) is 5.56 Å². The molecule has 0 aliphatic carbocycles. The summed E-state index contributed by atoms with van der Waals surface area (Å²) in [7, 11) is 4.83. The summed E-state index contributed by atoms with van der Waals surface area (Å²) in [5.41, 5.74) is 1.84. The van der Waals surface area contributed by atoms with Gasteiger partial charge in [-0.05, 0) is 18.6 Å². The van der Waals surface area contributed by atoms with Crippen LogP contribution in [0.3, 0.4) is 0 Å². The summed E-state index contributed by atoms with van der Waals surface area (Å²) in [5.74, 6) is 1.99. The van der Waals surface area contributed by atoms with E-state index >= 15 is 0 Å². The van der Waals surface area contributed by atoms with E-state index < -0.39 is 0 Å². The van der Waals surface area contributed by atoms with Gasteiger partial charge in [0.2, 0.25) is 0 Å². The molecule has 0 aliphatic rings. The lowest BCUT2D eigenvalue weighted by Crippen LogP contribution is -1.97. The molecule has 0 aliphatic heterocycles. The minimum absolute atomic E-state index is 0.635. The molecular formula is C13H15NO3S. The Balaban J connectivity index is 3.00. The number of rotatable bonds is 3. The van der Waals surface area contributed by atoms with Crippen LogP contribution in [0.15, 0.2) is 12.1 Å². The number of hydrogen-bond donors (Lipinski definition) is 1. The molecule has 1 aromatic carbocycles. The molecule has 0 saturated carbocycles. The first-order chi connectivity index (χ1) is 8.62. The second-order valence-corrected chi connectivity index (χ2v) is 4.32. The van der Waals surface area contributed by atoms with Crippen LogP contribution in [0.25, 0.3) is 10.9 Å². The number of aromatic nitrogens is 1. The van der Waals surface area contributed by atoms with Crippen LogP contribution >= 0.6 is 12.2 Å². The summed E-state index contributed by atoms with van der Waals surface area (Å²) in [4.78, 5) is 3.13. The minimum atomic E-state index is 0.635. The molecule has 0 bridgehead atoms. The van der Waals surface area contributed by atoms with Crippen molar-refractivity contribution < 1.29 is 14.2 Å². The Morgan fingerprint density at radius 3 is 2.22 bits per heavy atom. The maximum absolute atomic E-state index is 5.44. The third-order valence-corrected chi connectivity index (χ3v) is 3.06. The van der Waals surface area contributed by atoms with Crippen molar-refractivity contribution in [2.75, 3.05) is 21.3 Å². The van der Waals surface area contributed by atoms with Crippen LogP contribution < -0.4 is 14.2 Å². The molecule has 18 heavy (non-hydrogen) atoms. The Labute approximate surface area is 110 Å². The van der Waals surface area contributed by atoms with Crippen LogP contribution in [0.5, 0.6) is 17.2 Å². The lowest BCUT2D eigenvalue weighted by Gasteiger charge is -2.15. The maximum atomic E-state index is 5.44.